The number of aliphatic carboxylic acids is 1. The zero-order valence-corrected chi connectivity index (χ0v) is 13.4. The van der Waals surface area contributed by atoms with Crippen LogP contribution in [0.15, 0.2) is 30.3 Å². The van der Waals surface area contributed by atoms with E-state index in [1.807, 2.05) is 44.2 Å². The number of carboxylic acid groups (broad SMARTS) is 1. The minimum atomic E-state index is -0.907. The number of carbonyl (C=O) groups excluding carboxylic acids is 1. The molecule has 0 bridgehead atoms. The van der Waals surface area contributed by atoms with E-state index in [9.17, 15) is 9.59 Å². The van der Waals surface area contributed by atoms with E-state index in [0.29, 0.717) is 17.1 Å². The Balaban J connectivity index is 2.31. The van der Waals surface area contributed by atoms with Gasteiger partial charge in [-0.2, -0.15) is 0 Å². The highest BCUT2D eigenvalue weighted by molar-refractivity contribution is 7.14. The van der Waals surface area contributed by atoms with E-state index in [0.717, 1.165) is 10.6 Å². The standard InChI is InChI=1S/C16H18N2O3S/c1-3-18(10-9-13(19)20)16(21)15-14(17-11(2)22-15)12-7-5-4-6-8-12/h4-8H,3,9-10H2,1-2H3,(H,19,20). The van der Waals surface area contributed by atoms with E-state index in [-0.39, 0.29) is 18.9 Å². The van der Waals surface area contributed by atoms with Crippen LogP contribution in [0.5, 0.6) is 0 Å². The normalized spacial score (nSPS) is 10.5. The molecule has 2 rings (SSSR count). The van der Waals surface area contributed by atoms with Crippen LogP contribution in [0.2, 0.25) is 0 Å². The lowest BCUT2D eigenvalue weighted by Crippen LogP contribution is -2.32. The Labute approximate surface area is 133 Å². The number of hydrogen-bond acceptors (Lipinski definition) is 4. The van der Waals surface area contributed by atoms with Crippen molar-refractivity contribution in [3.63, 3.8) is 0 Å². The summed E-state index contributed by atoms with van der Waals surface area (Å²) in [6.07, 6.45) is -0.0575. The average molecular weight is 318 g/mol. The molecule has 0 saturated carbocycles. The Kier molecular flexibility index (Phi) is 5.27. The molecule has 5 nitrogen and oxygen atoms in total. The van der Waals surface area contributed by atoms with Gasteiger partial charge in [0.1, 0.15) is 4.88 Å². The first kappa shape index (κ1) is 16.2. The molecule has 0 atom stereocenters. The molecular weight excluding hydrogens is 300 g/mol. The largest absolute Gasteiger partial charge is 0.481 e. The number of rotatable bonds is 6. The van der Waals surface area contributed by atoms with Crippen LogP contribution < -0.4 is 0 Å². The first-order chi connectivity index (χ1) is 10.5. The van der Waals surface area contributed by atoms with Crippen molar-refractivity contribution in [3.8, 4) is 11.3 Å². The molecule has 0 aliphatic carbocycles. The number of carbonyl (C=O) groups is 2. The van der Waals surface area contributed by atoms with Gasteiger partial charge in [0.25, 0.3) is 5.91 Å². The second kappa shape index (κ2) is 7.17. The molecule has 6 heteroatoms. The Morgan fingerprint density at radius 3 is 2.55 bits per heavy atom. The molecule has 1 amide bonds. The Bertz CT molecular complexity index is 667. The predicted octanol–water partition coefficient (Wildman–Crippen LogP) is 3.06. The van der Waals surface area contributed by atoms with Crippen LogP contribution >= 0.6 is 11.3 Å². The van der Waals surface area contributed by atoms with Crippen LogP contribution in [0.4, 0.5) is 0 Å². The zero-order chi connectivity index (χ0) is 16.1. The molecule has 116 valence electrons. The lowest BCUT2D eigenvalue weighted by molar-refractivity contribution is -0.137. The van der Waals surface area contributed by atoms with Crippen molar-refractivity contribution in [2.75, 3.05) is 13.1 Å². The molecule has 0 radical (unpaired) electrons. The van der Waals surface area contributed by atoms with Crippen molar-refractivity contribution >= 4 is 23.2 Å². The van der Waals surface area contributed by atoms with Crippen molar-refractivity contribution in [1.29, 1.82) is 0 Å². The highest BCUT2D eigenvalue weighted by Crippen LogP contribution is 2.29. The fourth-order valence-corrected chi connectivity index (χ4v) is 3.05. The number of thiazole rings is 1. The van der Waals surface area contributed by atoms with E-state index < -0.39 is 5.97 Å². The molecule has 1 heterocycles. The molecule has 0 fully saturated rings. The van der Waals surface area contributed by atoms with Gasteiger partial charge in [0.2, 0.25) is 0 Å². The monoisotopic (exact) mass is 318 g/mol. The lowest BCUT2D eigenvalue weighted by atomic mass is 10.1. The Morgan fingerprint density at radius 1 is 1.27 bits per heavy atom. The quantitative estimate of drug-likeness (QED) is 0.888. The predicted molar refractivity (Wildman–Crippen MR) is 86.1 cm³/mol. The third-order valence-electron chi connectivity index (χ3n) is 3.24. The first-order valence-corrected chi connectivity index (χ1v) is 7.88. The minimum Gasteiger partial charge on any atom is -0.481 e. The van der Waals surface area contributed by atoms with Gasteiger partial charge >= 0.3 is 5.97 Å². The highest BCUT2D eigenvalue weighted by atomic mass is 32.1. The molecule has 0 spiro atoms. The molecule has 0 unspecified atom stereocenters. The van der Waals surface area contributed by atoms with E-state index in [4.69, 9.17) is 5.11 Å². The molecule has 0 aliphatic rings. The molecule has 2 aromatic rings. The second-order valence-corrected chi connectivity index (χ2v) is 6.01. The van der Waals surface area contributed by atoms with E-state index in [1.165, 1.54) is 11.3 Å². The maximum atomic E-state index is 12.7. The van der Waals surface area contributed by atoms with Crippen molar-refractivity contribution in [3.05, 3.63) is 40.2 Å². The van der Waals surface area contributed by atoms with Crippen LogP contribution in [-0.4, -0.2) is 40.0 Å². The summed E-state index contributed by atoms with van der Waals surface area (Å²) < 4.78 is 0. The molecular formula is C16H18N2O3S. The third-order valence-corrected chi connectivity index (χ3v) is 4.20. The molecule has 1 aromatic carbocycles. The van der Waals surface area contributed by atoms with Crippen molar-refractivity contribution < 1.29 is 14.7 Å². The van der Waals surface area contributed by atoms with Gasteiger partial charge in [0.15, 0.2) is 0 Å². The summed E-state index contributed by atoms with van der Waals surface area (Å²) in [6.45, 7) is 4.38. The summed E-state index contributed by atoms with van der Waals surface area (Å²) in [4.78, 5) is 30.0. The third kappa shape index (κ3) is 3.71. The van der Waals surface area contributed by atoms with E-state index >= 15 is 0 Å². The number of aryl methyl sites for hydroxylation is 1. The number of aromatic nitrogens is 1. The van der Waals surface area contributed by atoms with Crippen molar-refractivity contribution in [2.45, 2.75) is 20.3 Å². The van der Waals surface area contributed by atoms with Gasteiger partial charge in [0.05, 0.1) is 17.1 Å². The molecule has 0 aliphatic heterocycles. The van der Waals surface area contributed by atoms with Gasteiger partial charge in [-0.3, -0.25) is 9.59 Å². The van der Waals surface area contributed by atoms with Crippen molar-refractivity contribution in [2.24, 2.45) is 0 Å². The van der Waals surface area contributed by atoms with Gasteiger partial charge in [0, 0.05) is 18.7 Å². The number of benzene rings is 1. The maximum Gasteiger partial charge on any atom is 0.305 e. The average Bonchev–Trinajstić information content (AvgIpc) is 2.90. The summed E-state index contributed by atoms with van der Waals surface area (Å²) >= 11 is 1.35. The van der Waals surface area contributed by atoms with Crippen molar-refractivity contribution in [1.82, 2.24) is 9.88 Å². The van der Waals surface area contributed by atoms with Gasteiger partial charge in [-0.25, -0.2) is 4.98 Å². The number of nitrogens with zero attached hydrogens (tertiary/aromatic N) is 2. The van der Waals surface area contributed by atoms with E-state index in [2.05, 4.69) is 4.98 Å². The smallest absolute Gasteiger partial charge is 0.305 e. The summed E-state index contributed by atoms with van der Waals surface area (Å²) in [5.74, 6) is -1.07. The van der Waals surface area contributed by atoms with Crippen LogP contribution in [0, 0.1) is 6.92 Å². The molecule has 1 N–H and O–H groups in total. The Hall–Kier alpha value is -2.21. The number of carboxylic acids is 1. The molecule has 0 saturated heterocycles. The van der Waals surface area contributed by atoms with Crippen LogP contribution in [0.1, 0.15) is 28.0 Å². The SMILES string of the molecule is CCN(CCC(=O)O)C(=O)c1sc(C)nc1-c1ccccc1. The molecule has 1 aromatic heterocycles. The molecule has 22 heavy (non-hydrogen) atoms. The van der Waals surface area contributed by atoms with Gasteiger partial charge < -0.3 is 10.0 Å². The highest BCUT2D eigenvalue weighted by Gasteiger charge is 2.22. The summed E-state index contributed by atoms with van der Waals surface area (Å²) in [6, 6.07) is 9.55. The van der Waals surface area contributed by atoms with Crippen LogP contribution in [0.3, 0.4) is 0 Å². The van der Waals surface area contributed by atoms with Gasteiger partial charge in [-0.1, -0.05) is 30.3 Å². The zero-order valence-electron chi connectivity index (χ0n) is 12.6. The fourth-order valence-electron chi connectivity index (χ4n) is 2.14. The minimum absolute atomic E-state index is 0.0575. The van der Waals surface area contributed by atoms with Gasteiger partial charge in [-0.15, -0.1) is 11.3 Å². The lowest BCUT2D eigenvalue weighted by Gasteiger charge is -2.19. The number of hydrogen-bond donors (Lipinski definition) is 1. The second-order valence-electron chi connectivity index (χ2n) is 4.81. The topological polar surface area (TPSA) is 70.5 Å². The van der Waals surface area contributed by atoms with Gasteiger partial charge in [-0.05, 0) is 13.8 Å². The summed E-state index contributed by atoms with van der Waals surface area (Å²) in [5.41, 5.74) is 1.56. The Morgan fingerprint density at radius 2 is 1.95 bits per heavy atom. The van der Waals surface area contributed by atoms with Crippen LogP contribution in [-0.2, 0) is 4.79 Å². The fraction of sp³-hybridized carbons (Fsp3) is 0.312. The summed E-state index contributed by atoms with van der Waals surface area (Å²) in [5, 5.41) is 9.62. The summed E-state index contributed by atoms with van der Waals surface area (Å²) in [7, 11) is 0. The van der Waals surface area contributed by atoms with E-state index in [1.54, 1.807) is 4.90 Å². The number of amides is 1. The maximum absolute atomic E-state index is 12.7. The first-order valence-electron chi connectivity index (χ1n) is 7.06. The van der Waals surface area contributed by atoms with Crippen LogP contribution in [0.25, 0.3) is 11.3 Å².